The zero-order valence-corrected chi connectivity index (χ0v) is 20.9. The lowest BCUT2D eigenvalue weighted by atomic mass is 9.58. The predicted molar refractivity (Wildman–Crippen MR) is 131 cm³/mol. The third-order valence-electron chi connectivity index (χ3n) is 7.33. The lowest BCUT2D eigenvalue weighted by Gasteiger charge is -2.50. The Morgan fingerprint density at radius 3 is 2.35 bits per heavy atom. The largest absolute Gasteiger partial charge is 0.510 e. The van der Waals surface area contributed by atoms with Gasteiger partial charge in [-0.1, -0.05) is 6.07 Å². The van der Waals surface area contributed by atoms with Crippen molar-refractivity contribution in [2.24, 2.45) is 17.6 Å². The molecule has 0 saturated carbocycles. The van der Waals surface area contributed by atoms with E-state index in [-0.39, 0.29) is 36.2 Å². The minimum atomic E-state index is -2.70. The van der Waals surface area contributed by atoms with Crippen LogP contribution in [-0.4, -0.2) is 100.0 Å². The number of aromatic hydroxyl groups is 1. The third-order valence-corrected chi connectivity index (χ3v) is 7.33. The lowest BCUT2D eigenvalue weighted by molar-refractivity contribution is -0.148. The number of carbonyl (C=O) groups is 4. The second kappa shape index (κ2) is 8.98. The highest BCUT2D eigenvalue weighted by molar-refractivity contribution is 6.25. The van der Waals surface area contributed by atoms with Crippen LogP contribution < -0.4 is 11.1 Å². The number of carbonyl (C=O) groups excluding carboxylic acids is 4. The van der Waals surface area contributed by atoms with Gasteiger partial charge in [-0.3, -0.25) is 24.1 Å². The van der Waals surface area contributed by atoms with Gasteiger partial charge >= 0.3 is 0 Å². The summed E-state index contributed by atoms with van der Waals surface area (Å²) >= 11 is 0. The monoisotopic (exact) mass is 514 g/mol. The van der Waals surface area contributed by atoms with Crippen molar-refractivity contribution in [3.05, 3.63) is 45.9 Å². The summed E-state index contributed by atoms with van der Waals surface area (Å²) in [5.41, 5.74) is 1.80. The summed E-state index contributed by atoms with van der Waals surface area (Å²) < 4.78 is 0. The van der Waals surface area contributed by atoms with Gasteiger partial charge in [-0.15, -0.1) is 0 Å². The SMILES string of the molecule is CN(C)CC(=O)Nc1ccc2c(c1O)C(=O)C1=C(O)[C@]3(O)C(=O)C(C(N)=O)=C(O)[C@@H](N(C)C)C3CC1C2. The molecule has 12 nitrogen and oxygen atoms in total. The number of phenols is 1. The number of likely N-dealkylation sites (N-methyl/N-ethyl adjacent to an activating group) is 2. The van der Waals surface area contributed by atoms with Crippen LogP contribution in [0.2, 0.25) is 0 Å². The lowest BCUT2D eigenvalue weighted by Crippen LogP contribution is -2.63. The van der Waals surface area contributed by atoms with Crippen LogP contribution >= 0.6 is 0 Å². The van der Waals surface area contributed by atoms with Gasteiger partial charge < -0.3 is 36.4 Å². The number of aliphatic hydroxyl groups is 3. The number of anilines is 1. The van der Waals surface area contributed by atoms with Crippen LogP contribution in [0.4, 0.5) is 5.69 Å². The maximum atomic E-state index is 13.6. The number of nitrogens with zero attached hydrogens (tertiary/aromatic N) is 2. The minimum Gasteiger partial charge on any atom is -0.510 e. The number of rotatable bonds is 5. The molecular weight excluding hydrogens is 484 g/mol. The van der Waals surface area contributed by atoms with Crippen LogP contribution in [0.5, 0.6) is 5.75 Å². The van der Waals surface area contributed by atoms with E-state index in [1.165, 1.54) is 11.0 Å². The summed E-state index contributed by atoms with van der Waals surface area (Å²) in [5, 5.41) is 47.1. The van der Waals surface area contributed by atoms with Gasteiger partial charge in [0.25, 0.3) is 5.91 Å². The average Bonchev–Trinajstić information content (AvgIpc) is 2.77. The van der Waals surface area contributed by atoms with Crippen LogP contribution in [0.3, 0.4) is 0 Å². The number of ketones is 2. The fraction of sp³-hybridized carbons (Fsp3) is 0.440. The number of nitrogens with two attached hydrogens (primary N) is 1. The summed E-state index contributed by atoms with van der Waals surface area (Å²) in [4.78, 5) is 54.3. The van der Waals surface area contributed by atoms with E-state index in [1.807, 2.05) is 0 Å². The van der Waals surface area contributed by atoms with Crippen LogP contribution in [0.1, 0.15) is 22.3 Å². The molecule has 4 atom stereocenters. The molecule has 37 heavy (non-hydrogen) atoms. The van der Waals surface area contributed by atoms with E-state index >= 15 is 0 Å². The van der Waals surface area contributed by atoms with Crippen molar-refractivity contribution in [1.29, 1.82) is 0 Å². The maximum absolute atomic E-state index is 13.6. The maximum Gasteiger partial charge on any atom is 0.255 e. The fourth-order valence-corrected chi connectivity index (χ4v) is 5.80. The van der Waals surface area contributed by atoms with Gasteiger partial charge in [0, 0.05) is 11.5 Å². The first-order chi connectivity index (χ1) is 17.2. The minimum absolute atomic E-state index is 0.00447. The van der Waals surface area contributed by atoms with Crippen LogP contribution in [0.15, 0.2) is 34.8 Å². The van der Waals surface area contributed by atoms with Crippen molar-refractivity contribution in [3.63, 3.8) is 0 Å². The molecule has 3 aliphatic carbocycles. The summed E-state index contributed by atoms with van der Waals surface area (Å²) in [6, 6.07) is 2.02. The molecular formula is C25H30N4O8. The van der Waals surface area contributed by atoms with Gasteiger partial charge in [-0.25, -0.2) is 0 Å². The Kier molecular flexibility index (Phi) is 6.39. The first kappa shape index (κ1) is 26.3. The summed E-state index contributed by atoms with van der Waals surface area (Å²) in [5.74, 6) is -7.61. The molecule has 1 aromatic rings. The Hall–Kier alpha value is -3.74. The molecule has 0 bridgehead atoms. The molecule has 3 aliphatic rings. The third kappa shape index (κ3) is 3.88. The van der Waals surface area contributed by atoms with E-state index in [1.54, 1.807) is 39.2 Å². The van der Waals surface area contributed by atoms with Crippen LogP contribution in [0.25, 0.3) is 0 Å². The molecule has 2 amide bonds. The Morgan fingerprint density at radius 1 is 1.14 bits per heavy atom. The molecule has 0 heterocycles. The molecule has 0 saturated heterocycles. The number of allylic oxidation sites excluding steroid dienone is 1. The smallest absolute Gasteiger partial charge is 0.255 e. The van der Waals surface area contributed by atoms with Crippen molar-refractivity contribution in [1.82, 2.24) is 9.80 Å². The summed E-state index contributed by atoms with van der Waals surface area (Å²) in [6.07, 6.45) is 0.182. The number of phenolic OH excluding ortho intramolecular Hbond substituents is 1. The molecule has 1 aromatic carbocycles. The van der Waals surface area contributed by atoms with Crippen molar-refractivity contribution >= 4 is 29.1 Å². The Balaban J connectivity index is 1.84. The van der Waals surface area contributed by atoms with Crippen LogP contribution in [-0.2, 0) is 20.8 Å². The molecule has 2 unspecified atom stereocenters. The number of amides is 2. The van der Waals surface area contributed by atoms with E-state index < -0.39 is 69.7 Å². The number of primary amides is 1. The first-order valence-electron chi connectivity index (χ1n) is 11.7. The molecule has 0 spiro atoms. The molecule has 0 fully saturated rings. The van der Waals surface area contributed by atoms with E-state index in [2.05, 4.69) is 5.32 Å². The second-order valence-electron chi connectivity index (χ2n) is 10.2. The van der Waals surface area contributed by atoms with E-state index in [9.17, 15) is 39.6 Å². The summed E-state index contributed by atoms with van der Waals surface area (Å²) in [6.45, 7) is 0.0324. The van der Waals surface area contributed by atoms with E-state index in [4.69, 9.17) is 5.73 Å². The molecule has 0 aromatic heterocycles. The highest BCUT2D eigenvalue weighted by Crippen LogP contribution is 2.52. The zero-order chi connectivity index (χ0) is 27.6. The Labute approximate surface area is 212 Å². The van der Waals surface area contributed by atoms with Crippen molar-refractivity contribution in [2.75, 3.05) is 40.1 Å². The van der Waals surface area contributed by atoms with Gasteiger partial charge in [-0.05, 0) is 58.6 Å². The molecule has 198 valence electrons. The number of benzene rings is 1. The number of hydrogen-bond acceptors (Lipinski definition) is 10. The number of fused-ring (bicyclic) bond motifs is 3. The Morgan fingerprint density at radius 2 is 1.78 bits per heavy atom. The average molecular weight is 515 g/mol. The van der Waals surface area contributed by atoms with E-state index in [0.29, 0.717) is 5.56 Å². The quantitative estimate of drug-likeness (QED) is 0.223. The van der Waals surface area contributed by atoms with Gasteiger partial charge in [0.05, 0.1) is 23.8 Å². The normalized spacial score (nSPS) is 27.3. The number of aliphatic hydroxyl groups excluding tert-OH is 2. The standard InChI is InChI=1S/C25H30N4O8/c1-28(2)9-14(30)27-13-6-5-10-7-11-8-12-18(29(3)4)21(33)17(24(26)36)23(35)25(12,37)22(34)16(11)20(32)15(10)19(13)31/h5-6,11-12,18,31,33-34,37H,7-9H2,1-4H3,(H2,26,36)(H,27,30)/t11?,12?,18-,25-/m0/s1. The van der Waals surface area contributed by atoms with Gasteiger partial charge in [0.2, 0.25) is 11.7 Å². The molecule has 7 N–H and O–H groups in total. The van der Waals surface area contributed by atoms with E-state index in [0.717, 1.165) is 0 Å². The van der Waals surface area contributed by atoms with Gasteiger partial charge in [0.1, 0.15) is 17.1 Å². The molecule has 0 radical (unpaired) electrons. The molecule has 4 rings (SSSR count). The van der Waals surface area contributed by atoms with Crippen molar-refractivity contribution in [3.8, 4) is 5.75 Å². The number of Topliss-reactive ketones (excluding diaryl/α,β-unsaturated/α-hetero) is 2. The topological polar surface area (TPSA) is 194 Å². The van der Waals surface area contributed by atoms with Gasteiger partial charge in [-0.2, -0.15) is 0 Å². The first-order valence-corrected chi connectivity index (χ1v) is 11.7. The highest BCUT2D eigenvalue weighted by Gasteiger charge is 2.63. The van der Waals surface area contributed by atoms with Gasteiger partial charge in [0.15, 0.2) is 17.1 Å². The fourth-order valence-electron chi connectivity index (χ4n) is 5.80. The summed E-state index contributed by atoms with van der Waals surface area (Å²) in [7, 11) is 6.52. The highest BCUT2D eigenvalue weighted by atomic mass is 16.3. The molecule has 12 heteroatoms. The number of nitrogens with one attached hydrogen (secondary N) is 1. The second-order valence-corrected chi connectivity index (χ2v) is 10.2. The van der Waals surface area contributed by atoms with Crippen LogP contribution in [0, 0.1) is 11.8 Å². The van der Waals surface area contributed by atoms with Crippen molar-refractivity contribution in [2.45, 2.75) is 24.5 Å². The van der Waals surface area contributed by atoms with Crippen molar-refractivity contribution < 1.29 is 39.6 Å². The zero-order valence-electron chi connectivity index (χ0n) is 20.9. The number of hydrogen-bond donors (Lipinski definition) is 6. The molecule has 0 aliphatic heterocycles. The predicted octanol–water partition coefficient (Wildman–Crippen LogP) is -0.379. The Bertz CT molecular complexity index is 1300.